The number of rotatable bonds is 6. The molecule has 0 aliphatic carbocycles. The lowest BCUT2D eigenvalue weighted by Crippen LogP contribution is -2.41. The van der Waals surface area contributed by atoms with E-state index in [9.17, 15) is 0 Å². The van der Waals surface area contributed by atoms with Crippen molar-refractivity contribution in [2.24, 2.45) is 4.99 Å². The van der Waals surface area contributed by atoms with E-state index in [-0.39, 0.29) is 18.3 Å². The maximum atomic E-state index is 5.87. The first kappa shape index (κ1) is 54.6. The van der Waals surface area contributed by atoms with Gasteiger partial charge in [0, 0.05) is 67.9 Å². The molecule has 1 saturated heterocycles. The van der Waals surface area contributed by atoms with Crippen LogP contribution < -0.4 is 16.4 Å². The van der Waals surface area contributed by atoms with E-state index in [0.29, 0.717) is 22.9 Å². The first-order valence-corrected chi connectivity index (χ1v) is 25.8. The summed E-state index contributed by atoms with van der Waals surface area (Å²) < 4.78 is 13.8. The van der Waals surface area contributed by atoms with E-state index >= 15 is 0 Å². The summed E-state index contributed by atoms with van der Waals surface area (Å²) in [6.45, 7) is 14.9. The van der Waals surface area contributed by atoms with Crippen LogP contribution in [0.4, 0.5) is 29.0 Å². The summed E-state index contributed by atoms with van der Waals surface area (Å²) in [6.07, 6.45) is 17.8. The van der Waals surface area contributed by atoms with E-state index in [1.807, 2.05) is 112 Å². The van der Waals surface area contributed by atoms with Crippen LogP contribution in [0.15, 0.2) is 166 Å². The molecule has 12 rings (SSSR count). The number of nitrogen functional groups attached to an aromatic ring is 1. The minimum atomic E-state index is -0.255. The van der Waals surface area contributed by atoms with Crippen molar-refractivity contribution in [1.29, 1.82) is 0 Å². The van der Waals surface area contributed by atoms with Gasteiger partial charge in [-0.15, -0.1) is 0 Å². The summed E-state index contributed by atoms with van der Waals surface area (Å²) in [6, 6.07) is 29.1. The lowest BCUT2D eigenvalue weighted by molar-refractivity contribution is 0.00578. The fraction of sp³-hybridized carbons (Fsp3) is 0.182. The van der Waals surface area contributed by atoms with Crippen LogP contribution >= 0.6 is 43.5 Å². The molecular weight excluding hydrogens is 1110 g/mol. The van der Waals surface area contributed by atoms with Gasteiger partial charge in [-0.1, -0.05) is 44.0 Å². The van der Waals surface area contributed by atoms with Gasteiger partial charge in [0.25, 0.3) is 0 Å². The second kappa shape index (κ2) is 24.8. The Labute approximate surface area is 462 Å². The van der Waals surface area contributed by atoms with Crippen molar-refractivity contribution in [1.82, 2.24) is 55.1 Å². The Balaban J connectivity index is 0.000000131. The number of allylic oxidation sites excluding steroid dienone is 1. The number of benzene rings is 3. The van der Waals surface area contributed by atoms with Crippen molar-refractivity contribution < 1.29 is 9.31 Å². The number of halogens is 3. The number of anilines is 5. The zero-order chi connectivity index (χ0) is 53.8. The van der Waals surface area contributed by atoms with Gasteiger partial charge in [0.15, 0.2) is 0 Å². The van der Waals surface area contributed by atoms with E-state index in [2.05, 4.69) is 136 Å². The first-order valence-electron chi connectivity index (χ1n) is 23.9. The Hall–Kier alpha value is -7.62. The highest BCUT2D eigenvalue weighted by molar-refractivity contribution is 9.10. The molecule has 21 heteroatoms. The van der Waals surface area contributed by atoms with E-state index in [0.717, 1.165) is 93.3 Å². The van der Waals surface area contributed by atoms with Gasteiger partial charge >= 0.3 is 7.12 Å². The minimum Gasteiger partial charge on any atom is -0.399 e. The van der Waals surface area contributed by atoms with E-state index in [1.54, 1.807) is 55.5 Å². The highest BCUT2D eigenvalue weighted by Crippen LogP contribution is 2.38. The van der Waals surface area contributed by atoms with Crippen molar-refractivity contribution in [2.45, 2.75) is 59.7 Å². The molecule has 1 fully saturated rings. The summed E-state index contributed by atoms with van der Waals surface area (Å²) in [4.78, 5) is 42.3. The molecule has 76 heavy (non-hydrogen) atoms. The predicted octanol–water partition coefficient (Wildman–Crippen LogP) is 13.0. The van der Waals surface area contributed by atoms with Crippen LogP contribution in [0.2, 0.25) is 5.28 Å². The number of nitrogens with zero attached hydrogens (tertiary/aromatic N) is 11. The van der Waals surface area contributed by atoms with Crippen molar-refractivity contribution in [3.05, 3.63) is 183 Å². The second-order valence-electron chi connectivity index (χ2n) is 18.2. The third-order valence-corrected chi connectivity index (χ3v) is 13.3. The molecule has 0 spiro atoms. The number of hydrogen-bond acceptors (Lipinski definition) is 16. The van der Waals surface area contributed by atoms with Crippen LogP contribution in [-0.4, -0.2) is 86.1 Å². The number of H-pyrrole nitrogens is 1. The summed E-state index contributed by atoms with van der Waals surface area (Å²) in [5.74, 6) is 1.15. The van der Waals surface area contributed by atoms with Crippen LogP contribution in [0.1, 0.15) is 44.8 Å². The van der Waals surface area contributed by atoms with Crippen molar-refractivity contribution in [3.8, 4) is 11.1 Å². The normalized spacial score (nSPS) is 13.8. The number of hydrogen-bond donors (Lipinski definition) is 4. The Morgan fingerprint density at radius 1 is 0.605 bits per heavy atom. The number of aromatic nitrogens is 11. The molecule has 0 saturated carbocycles. The summed E-state index contributed by atoms with van der Waals surface area (Å²) in [7, 11) is -0.244. The molecule has 2 aliphatic heterocycles. The number of fused-ring (bicyclic) bond motifs is 3. The molecule has 5 N–H and O–H groups in total. The van der Waals surface area contributed by atoms with Crippen molar-refractivity contribution in [2.75, 3.05) is 22.9 Å². The van der Waals surface area contributed by atoms with Crippen molar-refractivity contribution in [3.63, 3.8) is 0 Å². The third kappa shape index (κ3) is 14.4. The average Bonchev–Trinajstić information content (AvgIpc) is 4.20. The maximum absolute atomic E-state index is 5.87. The van der Waals surface area contributed by atoms with E-state index < -0.39 is 0 Å². The summed E-state index contributed by atoms with van der Waals surface area (Å²) in [5, 5.41) is 16.6. The van der Waals surface area contributed by atoms with Gasteiger partial charge in [0.2, 0.25) is 17.2 Å². The molecule has 384 valence electrons. The molecule has 10 aromatic rings. The average molecular weight is 1160 g/mol. The molecule has 3 aromatic carbocycles. The number of aliphatic imine (C=N–C) groups is 1. The Morgan fingerprint density at radius 3 is 1.58 bits per heavy atom. The van der Waals surface area contributed by atoms with Crippen LogP contribution in [0, 0.1) is 20.8 Å². The number of nitrogens with one attached hydrogen (secondary N) is 3. The van der Waals surface area contributed by atoms with Gasteiger partial charge in [-0.25, -0.2) is 29.9 Å². The quantitative estimate of drug-likeness (QED) is 0.0897. The standard InChI is InChI=1S/C17H14N6.C14H11BrN4.C10H16BNO2.C9H6BrClN2.C5H6N2/c1-11-15-7-12(13-8-19-20-9-13)4-5-16(15)23-17(21-11)22-14-3-2-6-18-10-14;1-9-12-7-10(15)4-5-13(12)19-14(17-9)18-11-3-2-6-16-8-11;1-9(2)10(3,4)14-11(13-9)8-5-6-12-7-8;1-5-7-4-6(10)2-3-8(7)13-9(11)12-5;6-5-2-1-3-7-4-5/h2-10H,1H3,(H,19,20)(H,21,22,23);2-8H,1H3,(H,17,18,19);5,7H,6H2,1-4H3;2-4H,1H3;1-4H,6H2. The minimum absolute atomic E-state index is 0.244. The number of aryl methyl sites for hydroxylation is 3. The van der Waals surface area contributed by atoms with Crippen LogP contribution in [0.3, 0.4) is 0 Å². The first-order chi connectivity index (χ1) is 36.5. The van der Waals surface area contributed by atoms with Gasteiger partial charge in [-0.2, -0.15) is 5.10 Å². The van der Waals surface area contributed by atoms with Gasteiger partial charge in [-0.05, 0) is 156 Å². The molecule has 9 heterocycles. The number of pyridine rings is 3. The van der Waals surface area contributed by atoms with Gasteiger partial charge in [0.05, 0.1) is 87.0 Å². The number of nitrogens with two attached hydrogens (primary N) is 1. The molecule has 0 atom stereocenters. The monoisotopic (exact) mass is 1160 g/mol. The van der Waals surface area contributed by atoms with Crippen LogP contribution in [0.5, 0.6) is 0 Å². The Kier molecular flexibility index (Phi) is 17.8. The topological polar surface area (TPSA) is 226 Å². The van der Waals surface area contributed by atoms with Crippen LogP contribution in [0.25, 0.3) is 43.8 Å². The molecule has 17 nitrogen and oxygen atoms in total. The molecule has 0 radical (unpaired) electrons. The largest absolute Gasteiger partial charge is 0.496 e. The zero-order valence-corrected chi connectivity index (χ0v) is 46.6. The lowest BCUT2D eigenvalue weighted by Gasteiger charge is -2.32. The summed E-state index contributed by atoms with van der Waals surface area (Å²) in [5.41, 5.74) is 15.9. The maximum Gasteiger partial charge on any atom is 0.496 e. The molecule has 7 aromatic heterocycles. The molecule has 0 bridgehead atoms. The lowest BCUT2D eigenvalue weighted by atomic mass is 9.79. The number of aromatic amines is 1. The Morgan fingerprint density at radius 2 is 1.12 bits per heavy atom. The second-order valence-corrected chi connectivity index (χ2v) is 20.4. The SMILES string of the molecule is CC1(C)OB(C2=CCN=C2)OC1(C)C.Cc1nc(Cl)nc2ccc(Br)cc12.Cc1nc(Nc2cccnc2)nc2ccc(-c3cn[nH]c3)cc12.Cc1nc(Nc2cccnc2)nc2ccc(Br)cc12.Nc1cccnc1. The van der Waals surface area contributed by atoms with Gasteiger partial charge in [0.1, 0.15) is 0 Å². The third-order valence-electron chi connectivity index (χ3n) is 12.1. The highest BCUT2D eigenvalue weighted by atomic mass is 79.9. The van der Waals surface area contributed by atoms with E-state index in [1.165, 1.54) is 0 Å². The smallest absolute Gasteiger partial charge is 0.399 e. The molecule has 2 aliphatic rings. The highest BCUT2D eigenvalue weighted by Gasteiger charge is 2.52. The fourth-order valence-electron chi connectivity index (χ4n) is 7.47. The summed E-state index contributed by atoms with van der Waals surface area (Å²) >= 11 is 12.6. The molecule has 0 unspecified atom stereocenters. The predicted molar refractivity (Wildman–Crippen MR) is 312 cm³/mol. The van der Waals surface area contributed by atoms with Crippen LogP contribution in [-0.2, 0) is 9.31 Å². The van der Waals surface area contributed by atoms with Crippen molar-refractivity contribution >= 4 is 118 Å². The molecular formula is C55H53BBr2ClN15O2. The zero-order valence-electron chi connectivity index (χ0n) is 42.7. The van der Waals surface area contributed by atoms with Gasteiger partial charge < -0.3 is 25.7 Å². The van der Waals surface area contributed by atoms with Gasteiger partial charge in [-0.3, -0.25) is 25.0 Å². The van der Waals surface area contributed by atoms with E-state index in [4.69, 9.17) is 26.6 Å². The fourth-order valence-corrected chi connectivity index (χ4v) is 8.41. The Bertz CT molecular complexity index is 3620. The molecule has 0 amide bonds.